The molecule has 2 fully saturated rings. The standard InChI is InChI=1S/C16H29NO2/c1-2-14-7-6-11-17(12-8-14)13-16(15(18)19)9-4-3-5-10-16/h14H,2-13H2,1H3,(H,18,19). The molecule has 0 radical (unpaired) electrons. The third-order valence-electron chi connectivity index (χ3n) is 5.31. The molecule has 19 heavy (non-hydrogen) atoms. The second-order valence-electron chi connectivity index (χ2n) is 6.63. The summed E-state index contributed by atoms with van der Waals surface area (Å²) < 4.78 is 0. The number of hydrogen-bond donors (Lipinski definition) is 1. The summed E-state index contributed by atoms with van der Waals surface area (Å²) >= 11 is 0. The summed E-state index contributed by atoms with van der Waals surface area (Å²) in [7, 11) is 0. The van der Waals surface area contributed by atoms with Gasteiger partial charge in [-0.1, -0.05) is 32.6 Å². The van der Waals surface area contributed by atoms with Gasteiger partial charge in [0.05, 0.1) is 5.41 Å². The minimum Gasteiger partial charge on any atom is -0.481 e. The van der Waals surface area contributed by atoms with Crippen LogP contribution < -0.4 is 0 Å². The smallest absolute Gasteiger partial charge is 0.310 e. The van der Waals surface area contributed by atoms with Crippen molar-refractivity contribution in [3.63, 3.8) is 0 Å². The number of hydrogen-bond acceptors (Lipinski definition) is 2. The number of nitrogens with zero attached hydrogens (tertiary/aromatic N) is 1. The lowest BCUT2D eigenvalue weighted by Crippen LogP contribution is -2.44. The molecule has 2 rings (SSSR count). The van der Waals surface area contributed by atoms with Gasteiger partial charge in [-0.05, 0) is 51.1 Å². The molecule has 0 aromatic heterocycles. The van der Waals surface area contributed by atoms with Gasteiger partial charge in [0.25, 0.3) is 0 Å². The highest BCUT2D eigenvalue weighted by molar-refractivity contribution is 5.75. The van der Waals surface area contributed by atoms with Crippen LogP contribution in [0, 0.1) is 11.3 Å². The van der Waals surface area contributed by atoms with Gasteiger partial charge in [0.2, 0.25) is 0 Å². The van der Waals surface area contributed by atoms with Crippen LogP contribution in [-0.2, 0) is 4.79 Å². The van der Waals surface area contributed by atoms with Crippen molar-refractivity contribution in [3.05, 3.63) is 0 Å². The molecule has 0 amide bonds. The van der Waals surface area contributed by atoms with Gasteiger partial charge in [0.1, 0.15) is 0 Å². The number of carbonyl (C=O) groups is 1. The molecule has 3 nitrogen and oxygen atoms in total. The average molecular weight is 267 g/mol. The molecule has 2 aliphatic rings. The maximum Gasteiger partial charge on any atom is 0.310 e. The van der Waals surface area contributed by atoms with Crippen LogP contribution in [0.25, 0.3) is 0 Å². The number of carboxylic acids is 1. The molecule has 1 unspecified atom stereocenters. The first-order chi connectivity index (χ1) is 9.16. The van der Waals surface area contributed by atoms with Crippen LogP contribution in [0.4, 0.5) is 0 Å². The van der Waals surface area contributed by atoms with Crippen molar-refractivity contribution in [2.45, 2.75) is 64.7 Å². The molecule has 1 N–H and O–H groups in total. The zero-order valence-corrected chi connectivity index (χ0v) is 12.4. The molecule has 1 atom stereocenters. The number of rotatable bonds is 4. The number of aliphatic carboxylic acids is 1. The van der Waals surface area contributed by atoms with E-state index in [2.05, 4.69) is 11.8 Å². The van der Waals surface area contributed by atoms with Gasteiger partial charge in [-0.15, -0.1) is 0 Å². The van der Waals surface area contributed by atoms with Crippen LogP contribution in [0.3, 0.4) is 0 Å². The van der Waals surface area contributed by atoms with Crippen LogP contribution in [0.2, 0.25) is 0 Å². The van der Waals surface area contributed by atoms with E-state index in [4.69, 9.17) is 0 Å². The molecular weight excluding hydrogens is 238 g/mol. The molecule has 0 bridgehead atoms. The first-order valence-corrected chi connectivity index (χ1v) is 8.12. The lowest BCUT2D eigenvalue weighted by atomic mass is 9.73. The molecule has 0 aromatic carbocycles. The largest absolute Gasteiger partial charge is 0.481 e. The van der Waals surface area contributed by atoms with E-state index in [1.807, 2.05) is 0 Å². The zero-order chi connectivity index (χ0) is 13.7. The molecule has 1 aliphatic carbocycles. The molecular formula is C16H29NO2. The van der Waals surface area contributed by atoms with Crippen molar-refractivity contribution >= 4 is 5.97 Å². The van der Waals surface area contributed by atoms with Crippen LogP contribution >= 0.6 is 0 Å². The van der Waals surface area contributed by atoms with Crippen LogP contribution in [0.5, 0.6) is 0 Å². The summed E-state index contributed by atoms with van der Waals surface area (Å²) in [6, 6.07) is 0. The van der Waals surface area contributed by atoms with E-state index in [0.717, 1.165) is 51.2 Å². The SMILES string of the molecule is CCC1CCCN(CC2(C(=O)O)CCCCC2)CC1. The molecule has 0 aromatic rings. The third-order valence-corrected chi connectivity index (χ3v) is 5.31. The minimum absolute atomic E-state index is 0.440. The maximum atomic E-state index is 11.7. The number of carboxylic acid groups (broad SMARTS) is 1. The minimum atomic E-state index is -0.552. The van der Waals surface area contributed by atoms with Gasteiger partial charge in [-0.3, -0.25) is 4.79 Å². The zero-order valence-electron chi connectivity index (χ0n) is 12.4. The first kappa shape index (κ1) is 14.8. The van der Waals surface area contributed by atoms with Gasteiger partial charge in [-0.2, -0.15) is 0 Å². The van der Waals surface area contributed by atoms with Gasteiger partial charge in [0, 0.05) is 6.54 Å². The second kappa shape index (κ2) is 6.74. The Kier molecular flexibility index (Phi) is 5.26. The Morgan fingerprint density at radius 2 is 1.89 bits per heavy atom. The average Bonchev–Trinajstić information content (AvgIpc) is 2.65. The topological polar surface area (TPSA) is 40.5 Å². The summed E-state index contributed by atoms with van der Waals surface area (Å²) in [5.41, 5.74) is -0.440. The van der Waals surface area contributed by atoms with E-state index >= 15 is 0 Å². The Bertz CT molecular complexity index is 297. The Morgan fingerprint density at radius 3 is 2.53 bits per heavy atom. The molecule has 1 saturated heterocycles. The normalized spacial score (nSPS) is 28.8. The van der Waals surface area contributed by atoms with Crippen LogP contribution in [0.1, 0.15) is 64.7 Å². The Morgan fingerprint density at radius 1 is 1.16 bits per heavy atom. The van der Waals surface area contributed by atoms with Crippen molar-refractivity contribution in [1.29, 1.82) is 0 Å². The summed E-state index contributed by atoms with van der Waals surface area (Å²) in [6.07, 6.45) is 10.3. The predicted molar refractivity (Wildman–Crippen MR) is 77.2 cm³/mol. The fraction of sp³-hybridized carbons (Fsp3) is 0.938. The Labute approximate surface area is 117 Å². The van der Waals surface area contributed by atoms with E-state index in [0.29, 0.717) is 0 Å². The lowest BCUT2D eigenvalue weighted by Gasteiger charge is -2.37. The van der Waals surface area contributed by atoms with E-state index in [1.54, 1.807) is 0 Å². The van der Waals surface area contributed by atoms with Crippen LogP contribution in [0.15, 0.2) is 0 Å². The summed E-state index contributed by atoms with van der Waals surface area (Å²) in [6.45, 7) is 5.28. The van der Waals surface area contributed by atoms with Crippen molar-refractivity contribution in [2.75, 3.05) is 19.6 Å². The fourth-order valence-electron chi connectivity index (χ4n) is 3.89. The summed E-state index contributed by atoms with van der Waals surface area (Å²) in [4.78, 5) is 14.2. The molecule has 3 heteroatoms. The summed E-state index contributed by atoms with van der Waals surface area (Å²) in [5, 5.41) is 9.66. The van der Waals surface area contributed by atoms with Gasteiger partial charge in [0.15, 0.2) is 0 Å². The molecule has 1 aliphatic heterocycles. The monoisotopic (exact) mass is 267 g/mol. The molecule has 1 saturated carbocycles. The molecule has 0 spiro atoms. The Balaban J connectivity index is 1.95. The maximum absolute atomic E-state index is 11.7. The fourth-order valence-corrected chi connectivity index (χ4v) is 3.89. The van der Waals surface area contributed by atoms with Crippen molar-refractivity contribution < 1.29 is 9.90 Å². The van der Waals surface area contributed by atoms with E-state index in [-0.39, 0.29) is 0 Å². The van der Waals surface area contributed by atoms with E-state index in [1.165, 1.54) is 32.1 Å². The quantitative estimate of drug-likeness (QED) is 0.847. The van der Waals surface area contributed by atoms with Crippen molar-refractivity contribution in [1.82, 2.24) is 4.90 Å². The molecule has 1 heterocycles. The van der Waals surface area contributed by atoms with Crippen molar-refractivity contribution in [2.24, 2.45) is 11.3 Å². The highest BCUT2D eigenvalue weighted by Crippen LogP contribution is 2.38. The third kappa shape index (κ3) is 3.71. The Hall–Kier alpha value is -0.570. The predicted octanol–water partition coefficient (Wildman–Crippen LogP) is 3.53. The first-order valence-electron chi connectivity index (χ1n) is 8.12. The van der Waals surface area contributed by atoms with E-state index in [9.17, 15) is 9.90 Å². The van der Waals surface area contributed by atoms with Gasteiger partial charge < -0.3 is 10.0 Å². The number of likely N-dealkylation sites (tertiary alicyclic amines) is 1. The van der Waals surface area contributed by atoms with Gasteiger partial charge in [-0.25, -0.2) is 0 Å². The molecule has 110 valence electrons. The highest BCUT2D eigenvalue weighted by Gasteiger charge is 2.41. The van der Waals surface area contributed by atoms with E-state index < -0.39 is 11.4 Å². The van der Waals surface area contributed by atoms with Crippen LogP contribution in [-0.4, -0.2) is 35.6 Å². The highest BCUT2D eigenvalue weighted by atomic mass is 16.4. The summed E-state index contributed by atoms with van der Waals surface area (Å²) in [5.74, 6) is 0.306. The lowest BCUT2D eigenvalue weighted by molar-refractivity contribution is -0.152. The van der Waals surface area contributed by atoms with Gasteiger partial charge >= 0.3 is 5.97 Å². The second-order valence-corrected chi connectivity index (χ2v) is 6.63. The van der Waals surface area contributed by atoms with Crippen molar-refractivity contribution in [3.8, 4) is 0 Å².